The number of piperazine rings is 1. The molecule has 0 spiro atoms. The molecule has 0 unspecified atom stereocenters. The first kappa shape index (κ1) is 13.3. The maximum atomic E-state index is 13.1. The highest BCUT2D eigenvalue weighted by atomic mass is 19.3. The minimum atomic E-state index is -2.68. The van der Waals surface area contributed by atoms with Crippen molar-refractivity contribution in [2.75, 3.05) is 26.2 Å². The summed E-state index contributed by atoms with van der Waals surface area (Å²) < 4.78 is 52.5. The molecule has 1 heterocycles. The van der Waals surface area contributed by atoms with E-state index in [1.165, 1.54) is 0 Å². The van der Waals surface area contributed by atoms with Crippen LogP contribution in [0.15, 0.2) is 18.2 Å². The second-order valence-corrected chi connectivity index (χ2v) is 4.27. The van der Waals surface area contributed by atoms with Crippen molar-refractivity contribution in [1.82, 2.24) is 10.2 Å². The quantitative estimate of drug-likeness (QED) is 0.840. The topological polar surface area (TPSA) is 15.3 Å². The van der Waals surface area contributed by atoms with E-state index >= 15 is 0 Å². The van der Waals surface area contributed by atoms with Gasteiger partial charge in [0.1, 0.15) is 11.6 Å². The third-order valence-electron chi connectivity index (χ3n) is 3.01. The maximum Gasteiger partial charge on any atom is 0.258 e. The first-order valence-electron chi connectivity index (χ1n) is 5.77. The molecule has 0 bridgehead atoms. The SMILES string of the molecule is Fc1cc(F)cc([C@H](C(F)F)N2CCNCC2)c1. The predicted octanol–water partition coefficient (Wildman–Crippen LogP) is 2.18. The van der Waals surface area contributed by atoms with Crippen LogP contribution in [-0.4, -0.2) is 37.5 Å². The van der Waals surface area contributed by atoms with E-state index in [1.807, 2.05) is 0 Å². The molecule has 6 heteroatoms. The van der Waals surface area contributed by atoms with Crippen molar-refractivity contribution in [2.45, 2.75) is 12.5 Å². The highest BCUT2D eigenvalue weighted by Gasteiger charge is 2.30. The number of nitrogens with one attached hydrogen (secondary N) is 1. The molecule has 1 aliphatic heterocycles. The van der Waals surface area contributed by atoms with Gasteiger partial charge in [-0.15, -0.1) is 0 Å². The van der Waals surface area contributed by atoms with Crippen LogP contribution in [0.4, 0.5) is 17.6 Å². The molecule has 1 fully saturated rings. The predicted molar refractivity (Wildman–Crippen MR) is 59.5 cm³/mol. The molecule has 1 atom stereocenters. The van der Waals surface area contributed by atoms with Gasteiger partial charge < -0.3 is 5.32 Å². The zero-order valence-corrected chi connectivity index (χ0v) is 9.67. The number of nitrogens with zero attached hydrogens (tertiary/aromatic N) is 1. The number of rotatable bonds is 3. The van der Waals surface area contributed by atoms with Gasteiger partial charge in [0.15, 0.2) is 0 Å². The fourth-order valence-electron chi connectivity index (χ4n) is 2.22. The molecule has 0 aromatic heterocycles. The van der Waals surface area contributed by atoms with E-state index in [4.69, 9.17) is 0 Å². The zero-order valence-electron chi connectivity index (χ0n) is 9.67. The van der Waals surface area contributed by atoms with Gasteiger partial charge in [-0.05, 0) is 17.7 Å². The molecular weight excluding hydrogens is 248 g/mol. The third-order valence-corrected chi connectivity index (χ3v) is 3.01. The second kappa shape index (κ2) is 5.67. The molecule has 2 nitrogen and oxygen atoms in total. The highest BCUT2D eigenvalue weighted by molar-refractivity contribution is 5.22. The lowest BCUT2D eigenvalue weighted by Gasteiger charge is -2.34. The monoisotopic (exact) mass is 262 g/mol. The Morgan fingerprint density at radius 1 is 1.00 bits per heavy atom. The van der Waals surface area contributed by atoms with E-state index in [1.54, 1.807) is 4.90 Å². The summed E-state index contributed by atoms with van der Waals surface area (Å²) in [5.74, 6) is -1.66. The average Bonchev–Trinajstić information content (AvgIpc) is 2.28. The lowest BCUT2D eigenvalue weighted by Crippen LogP contribution is -2.46. The van der Waals surface area contributed by atoms with Gasteiger partial charge in [-0.3, -0.25) is 4.90 Å². The molecule has 1 aliphatic rings. The van der Waals surface area contributed by atoms with Gasteiger partial charge in [0, 0.05) is 32.2 Å². The highest BCUT2D eigenvalue weighted by Crippen LogP contribution is 2.28. The Hall–Kier alpha value is -1.14. The van der Waals surface area contributed by atoms with Gasteiger partial charge >= 0.3 is 0 Å². The van der Waals surface area contributed by atoms with Crippen molar-refractivity contribution < 1.29 is 17.6 Å². The Kier molecular flexibility index (Phi) is 4.19. The van der Waals surface area contributed by atoms with Crippen molar-refractivity contribution in [1.29, 1.82) is 0 Å². The molecule has 1 saturated heterocycles. The summed E-state index contributed by atoms with van der Waals surface area (Å²) in [5, 5.41) is 3.05. The Labute approximate surface area is 103 Å². The molecule has 100 valence electrons. The number of hydrogen-bond donors (Lipinski definition) is 1. The van der Waals surface area contributed by atoms with E-state index < -0.39 is 24.1 Å². The van der Waals surface area contributed by atoms with Crippen LogP contribution in [0.5, 0.6) is 0 Å². The van der Waals surface area contributed by atoms with Crippen LogP contribution in [0.25, 0.3) is 0 Å². The average molecular weight is 262 g/mol. The van der Waals surface area contributed by atoms with Crippen molar-refractivity contribution in [3.05, 3.63) is 35.4 Å². The van der Waals surface area contributed by atoms with Crippen molar-refractivity contribution in [3.63, 3.8) is 0 Å². The molecule has 1 aromatic rings. The Morgan fingerprint density at radius 3 is 2.06 bits per heavy atom. The zero-order chi connectivity index (χ0) is 13.1. The molecule has 0 aliphatic carbocycles. The summed E-state index contributed by atoms with van der Waals surface area (Å²) in [6, 6.07) is 1.38. The molecule has 18 heavy (non-hydrogen) atoms. The molecule has 0 radical (unpaired) electrons. The second-order valence-electron chi connectivity index (χ2n) is 4.27. The van der Waals surface area contributed by atoms with Crippen LogP contribution in [0.3, 0.4) is 0 Å². The minimum Gasteiger partial charge on any atom is -0.314 e. The third kappa shape index (κ3) is 3.00. The van der Waals surface area contributed by atoms with Crippen LogP contribution < -0.4 is 5.32 Å². The summed E-state index contributed by atoms with van der Waals surface area (Å²) >= 11 is 0. The fraction of sp³-hybridized carbons (Fsp3) is 0.500. The van der Waals surface area contributed by atoms with E-state index in [0.717, 1.165) is 12.1 Å². The van der Waals surface area contributed by atoms with Gasteiger partial charge in [-0.2, -0.15) is 0 Å². The van der Waals surface area contributed by atoms with Gasteiger partial charge in [0.2, 0.25) is 0 Å². The molecule has 0 amide bonds. The van der Waals surface area contributed by atoms with Gasteiger partial charge in [0.05, 0.1) is 6.04 Å². The standard InChI is InChI=1S/C12H14F4N2/c13-9-5-8(6-10(14)7-9)11(12(15)16)18-3-1-17-2-4-18/h5-7,11-12,17H,1-4H2/t11-/m1/s1. The lowest BCUT2D eigenvalue weighted by molar-refractivity contribution is 0.0179. The Morgan fingerprint density at radius 2 is 1.56 bits per heavy atom. The van der Waals surface area contributed by atoms with E-state index in [-0.39, 0.29) is 5.56 Å². The van der Waals surface area contributed by atoms with Crippen molar-refractivity contribution in [3.8, 4) is 0 Å². The number of halogens is 4. The molecule has 2 rings (SSSR count). The first-order valence-corrected chi connectivity index (χ1v) is 5.77. The van der Waals surface area contributed by atoms with E-state index in [2.05, 4.69) is 5.32 Å². The smallest absolute Gasteiger partial charge is 0.258 e. The Balaban J connectivity index is 2.28. The summed E-state index contributed by atoms with van der Waals surface area (Å²) in [6.45, 7) is 2.07. The van der Waals surface area contributed by atoms with Gasteiger partial charge in [-0.1, -0.05) is 0 Å². The largest absolute Gasteiger partial charge is 0.314 e. The van der Waals surface area contributed by atoms with E-state index in [0.29, 0.717) is 32.2 Å². The lowest BCUT2D eigenvalue weighted by atomic mass is 10.0. The number of benzene rings is 1. The Bertz CT molecular complexity index is 385. The fourth-order valence-corrected chi connectivity index (χ4v) is 2.22. The molecule has 0 saturated carbocycles. The summed E-state index contributed by atoms with van der Waals surface area (Å²) in [6.07, 6.45) is -2.68. The number of hydrogen-bond acceptors (Lipinski definition) is 2. The maximum absolute atomic E-state index is 13.1. The van der Waals surface area contributed by atoms with Crippen LogP contribution in [0.1, 0.15) is 11.6 Å². The normalized spacial score (nSPS) is 19.2. The van der Waals surface area contributed by atoms with E-state index in [9.17, 15) is 17.6 Å². The molecule has 1 aromatic carbocycles. The van der Waals surface area contributed by atoms with Gasteiger partial charge in [0.25, 0.3) is 6.43 Å². The molecule has 1 N–H and O–H groups in total. The summed E-state index contributed by atoms with van der Waals surface area (Å²) in [5.41, 5.74) is -0.00981. The minimum absolute atomic E-state index is 0.00981. The van der Waals surface area contributed by atoms with Crippen LogP contribution >= 0.6 is 0 Å². The van der Waals surface area contributed by atoms with Crippen molar-refractivity contribution >= 4 is 0 Å². The summed E-state index contributed by atoms with van der Waals surface area (Å²) in [7, 11) is 0. The van der Waals surface area contributed by atoms with Crippen LogP contribution in [0.2, 0.25) is 0 Å². The molecular formula is C12H14F4N2. The van der Waals surface area contributed by atoms with Crippen molar-refractivity contribution in [2.24, 2.45) is 0 Å². The number of alkyl halides is 2. The summed E-state index contributed by atoms with van der Waals surface area (Å²) in [4.78, 5) is 1.55. The van der Waals surface area contributed by atoms with Crippen LogP contribution in [0, 0.1) is 11.6 Å². The van der Waals surface area contributed by atoms with Crippen LogP contribution in [-0.2, 0) is 0 Å². The first-order chi connectivity index (χ1) is 8.58. The van der Waals surface area contributed by atoms with Gasteiger partial charge in [-0.25, -0.2) is 17.6 Å².